The summed E-state index contributed by atoms with van der Waals surface area (Å²) >= 11 is 0. The van der Waals surface area contributed by atoms with Crippen LogP contribution in [0.3, 0.4) is 0 Å². The summed E-state index contributed by atoms with van der Waals surface area (Å²) in [5, 5.41) is 9.64. The maximum atomic E-state index is 12.0. The number of aryl methyl sites for hydroxylation is 1. The first-order valence-corrected chi connectivity index (χ1v) is 7.24. The van der Waals surface area contributed by atoms with E-state index in [4.69, 9.17) is 0 Å². The second-order valence-electron chi connectivity index (χ2n) is 5.10. The van der Waals surface area contributed by atoms with Crippen molar-refractivity contribution in [1.82, 2.24) is 10.2 Å². The number of nitrogens with one attached hydrogen (secondary N) is 2. The highest BCUT2D eigenvalue weighted by Gasteiger charge is 2.04. The number of carbonyl (C=O) groups is 1. The lowest BCUT2D eigenvalue weighted by Gasteiger charge is -2.06. The van der Waals surface area contributed by atoms with Gasteiger partial charge in [-0.15, -0.1) is 0 Å². The second kappa shape index (κ2) is 6.72. The van der Waals surface area contributed by atoms with Gasteiger partial charge in [0.25, 0.3) is 0 Å². The molecule has 110 valence electrons. The van der Waals surface area contributed by atoms with Gasteiger partial charge in [-0.25, -0.2) is 0 Å². The minimum absolute atomic E-state index is 0.0277. The molecule has 0 saturated heterocycles. The fraction of sp³-hybridized carbons (Fsp3) is 0.111. The van der Waals surface area contributed by atoms with Gasteiger partial charge >= 0.3 is 0 Å². The van der Waals surface area contributed by atoms with Crippen LogP contribution >= 0.6 is 0 Å². The molecule has 1 aromatic heterocycles. The molecule has 1 heterocycles. The van der Waals surface area contributed by atoms with E-state index in [-0.39, 0.29) is 5.91 Å². The van der Waals surface area contributed by atoms with Crippen LogP contribution in [0, 0.1) is 0 Å². The van der Waals surface area contributed by atoms with E-state index < -0.39 is 0 Å². The molecular formula is C18H17N3O. The minimum Gasteiger partial charge on any atom is -0.326 e. The normalized spacial score (nSPS) is 10.4. The van der Waals surface area contributed by atoms with Crippen LogP contribution in [-0.2, 0) is 11.2 Å². The fourth-order valence-electron chi connectivity index (χ4n) is 2.28. The molecular weight excluding hydrogens is 274 g/mol. The van der Waals surface area contributed by atoms with Gasteiger partial charge < -0.3 is 5.32 Å². The molecule has 0 spiro atoms. The first-order valence-electron chi connectivity index (χ1n) is 7.24. The van der Waals surface area contributed by atoms with Crippen LogP contribution in [0.2, 0.25) is 0 Å². The van der Waals surface area contributed by atoms with Crippen molar-refractivity contribution >= 4 is 11.6 Å². The summed E-state index contributed by atoms with van der Waals surface area (Å²) in [6.45, 7) is 0. The zero-order valence-corrected chi connectivity index (χ0v) is 12.1. The Bertz CT molecular complexity index is 719. The van der Waals surface area contributed by atoms with Crippen molar-refractivity contribution in [3.63, 3.8) is 0 Å². The molecule has 22 heavy (non-hydrogen) atoms. The van der Waals surface area contributed by atoms with Gasteiger partial charge in [0.2, 0.25) is 5.91 Å². The molecule has 0 bridgehead atoms. The Morgan fingerprint density at radius 3 is 2.45 bits per heavy atom. The SMILES string of the molecule is O=C(CCc1ccccc1)Nc1ccc(-c2cn[nH]c2)cc1. The number of amides is 1. The second-order valence-corrected chi connectivity index (χ2v) is 5.10. The summed E-state index contributed by atoms with van der Waals surface area (Å²) in [4.78, 5) is 12.0. The lowest BCUT2D eigenvalue weighted by molar-refractivity contribution is -0.116. The molecule has 0 aliphatic heterocycles. The van der Waals surface area contributed by atoms with Gasteiger partial charge in [0, 0.05) is 23.9 Å². The fourth-order valence-corrected chi connectivity index (χ4v) is 2.28. The van der Waals surface area contributed by atoms with E-state index in [2.05, 4.69) is 15.5 Å². The molecule has 2 aromatic carbocycles. The number of hydrogen-bond acceptors (Lipinski definition) is 2. The van der Waals surface area contributed by atoms with Crippen LogP contribution in [0.5, 0.6) is 0 Å². The molecule has 0 aliphatic rings. The van der Waals surface area contributed by atoms with Crippen molar-refractivity contribution in [3.05, 3.63) is 72.6 Å². The molecule has 0 unspecified atom stereocenters. The number of rotatable bonds is 5. The number of hydrogen-bond donors (Lipinski definition) is 2. The summed E-state index contributed by atoms with van der Waals surface area (Å²) in [5.41, 5.74) is 4.08. The van der Waals surface area contributed by atoms with Crippen LogP contribution in [0.1, 0.15) is 12.0 Å². The molecule has 1 amide bonds. The van der Waals surface area contributed by atoms with E-state index in [1.54, 1.807) is 6.20 Å². The zero-order valence-electron chi connectivity index (χ0n) is 12.1. The van der Waals surface area contributed by atoms with E-state index >= 15 is 0 Å². The lowest BCUT2D eigenvalue weighted by atomic mass is 10.1. The van der Waals surface area contributed by atoms with Gasteiger partial charge in [-0.3, -0.25) is 9.89 Å². The van der Waals surface area contributed by atoms with Crippen LogP contribution in [-0.4, -0.2) is 16.1 Å². The predicted octanol–water partition coefficient (Wildman–Crippen LogP) is 3.65. The van der Waals surface area contributed by atoms with Gasteiger partial charge in [-0.05, 0) is 29.7 Å². The molecule has 4 nitrogen and oxygen atoms in total. The van der Waals surface area contributed by atoms with E-state index in [1.807, 2.05) is 60.8 Å². The first kappa shape index (κ1) is 14.1. The first-order chi connectivity index (χ1) is 10.8. The van der Waals surface area contributed by atoms with Crippen molar-refractivity contribution in [2.24, 2.45) is 0 Å². The molecule has 4 heteroatoms. The quantitative estimate of drug-likeness (QED) is 0.754. The van der Waals surface area contributed by atoms with Crippen molar-refractivity contribution < 1.29 is 4.79 Å². The van der Waals surface area contributed by atoms with Gasteiger partial charge in [0.05, 0.1) is 6.20 Å². The Hall–Kier alpha value is -2.88. The maximum Gasteiger partial charge on any atom is 0.224 e. The third kappa shape index (κ3) is 3.61. The third-order valence-corrected chi connectivity index (χ3v) is 3.48. The highest BCUT2D eigenvalue weighted by molar-refractivity contribution is 5.91. The number of nitrogens with zero attached hydrogens (tertiary/aromatic N) is 1. The number of aromatic amines is 1. The monoisotopic (exact) mass is 291 g/mol. The topological polar surface area (TPSA) is 57.8 Å². The molecule has 0 aliphatic carbocycles. The highest BCUT2D eigenvalue weighted by Crippen LogP contribution is 2.20. The third-order valence-electron chi connectivity index (χ3n) is 3.48. The summed E-state index contributed by atoms with van der Waals surface area (Å²) < 4.78 is 0. The predicted molar refractivity (Wildman–Crippen MR) is 87.4 cm³/mol. The molecule has 2 N–H and O–H groups in total. The van der Waals surface area contributed by atoms with Gasteiger partial charge in [0.15, 0.2) is 0 Å². The van der Waals surface area contributed by atoms with E-state index in [1.165, 1.54) is 5.56 Å². The van der Waals surface area contributed by atoms with Crippen molar-refractivity contribution in [2.75, 3.05) is 5.32 Å². The Morgan fingerprint density at radius 2 is 1.77 bits per heavy atom. The lowest BCUT2D eigenvalue weighted by Crippen LogP contribution is -2.12. The number of anilines is 1. The van der Waals surface area contributed by atoms with Crippen LogP contribution in [0.25, 0.3) is 11.1 Å². The smallest absolute Gasteiger partial charge is 0.224 e. The van der Waals surface area contributed by atoms with E-state index in [9.17, 15) is 4.79 Å². The van der Waals surface area contributed by atoms with Gasteiger partial charge in [-0.1, -0.05) is 42.5 Å². The molecule has 3 aromatic rings. The van der Waals surface area contributed by atoms with Crippen LogP contribution < -0.4 is 5.32 Å². The van der Waals surface area contributed by atoms with E-state index in [0.29, 0.717) is 6.42 Å². The summed E-state index contributed by atoms with van der Waals surface area (Å²) in [5.74, 6) is 0.0277. The van der Waals surface area contributed by atoms with Gasteiger partial charge in [-0.2, -0.15) is 5.10 Å². The summed E-state index contributed by atoms with van der Waals surface area (Å²) in [7, 11) is 0. The van der Waals surface area contributed by atoms with Crippen molar-refractivity contribution in [3.8, 4) is 11.1 Å². The molecule has 0 fully saturated rings. The maximum absolute atomic E-state index is 12.0. The number of H-pyrrole nitrogens is 1. The largest absolute Gasteiger partial charge is 0.326 e. The van der Waals surface area contributed by atoms with Crippen LogP contribution in [0.15, 0.2) is 67.0 Å². The number of carbonyl (C=O) groups excluding carboxylic acids is 1. The average Bonchev–Trinajstić information content (AvgIpc) is 3.09. The Labute approximate surface area is 129 Å². The average molecular weight is 291 g/mol. The molecule has 0 saturated carbocycles. The minimum atomic E-state index is 0.0277. The Kier molecular flexibility index (Phi) is 4.30. The van der Waals surface area contributed by atoms with E-state index in [0.717, 1.165) is 23.2 Å². The Morgan fingerprint density at radius 1 is 1.00 bits per heavy atom. The molecule has 0 radical (unpaired) electrons. The van der Waals surface area contributed by atoms with Gasteiger partial charge in [0.1, 0.15) is 0 Å². The summed E-state index contributed by atoms with van der Waals surface area (Å²) in [6.07, 6.45) is 4.84. The molecule has 3 rings (SSSR count). The summed E-state index contributed by atoms with van der Waals surface area (Å²) in [6, 6.07) is 17.8. The highest BCUT2D eigenvalue weighted by atomic mass is 16.1. The zero-order chi connectivity index (χ0) is 15.2. The number of aromatic nitrogens is 2. The molecule has 0 atom stereocenters. The van der Waals surface area contributed by atoms with Crippen LogP contribution in [0.4, 0.5) is 5.69 Å². The van der Waals surface area contributed by atoms with Crippen molar-refractivity contribution in [2.45, 2.75) is 12.8 Å². The standard InChI is InChI=1S/C18H17N3O/c22-18(11-6-14-4-2-1-3-5-14)21-17-9-7-15(8-10-17)16-12-19-20-13-16/h1-5,7-10,12-13H,6,11H2,(H,19,20)(H,21,22). The Balaban J connectivity index is 1.55. The van der Waals surface area contributed by atoms with Crippen molar-refractivity contribution in [1.29, 1.82) is 0 Å². The number of benzene rings is 2.